The largest absolute Gasteiger partial charge is 0.494 e. The summed E-state index contributed by atoms with van der Waals surface area (Å²) in [6.45, 7) is 10.5. The summed E-state index contributed by atoms with van der Waals surface area (Å²) in [5.74, 6) is -1.12. The topological polar surface area (TPSA) is 123 Å². The van der Waals surface area contributed by atoms with Gasteiger partial charge in [-0.3, -0.25) is 14.4 Å². The van der Waals surface area contributed by atoms with Gasteiger partial charge in [0.2, 0.25) is 5.91 Å². The quantitative estimate of drug-likeness (QED) is 0.0884. The molecule has 4 aromatic rings. The summed E-state index contributed by atoms with van der Waals surface area (Å²) < 4.78 is 7.84. The monoisotopic (exact) mass is 652 g/mol. The van der Waals surface area contributed by atoms with E-state index in [9.17, 15) is 19.5 Å². The molecule has 0 aliphatic carbocycles. The molecule has 0 spiro atoms. The SMILES string of the molecule is CCCCCCCOc1ccc(-c2cnc(-c3ccc(C[C@H](CC(=O)c4ccn(C(C)(C)C)c4)C(=O)N[C@H](C)C(=O)O)cc3)nc2)cc1. The van der Waals surface area contributed by atoms with Crippen LogP contribution in [0.2, 0.25) is 0 Å². The summed E-state index contributed by atoms with van der Waals surface area (Å²) in [4.78, 5) is 47.0. The van der Waals surface area contributed by atoms with Crippen LogP contribution in [0.15, 0.2) is 79.4 Å². The van der Waals surface area contributed by atoms with E-state index in [1.54, 1.807) is 24.7 Å². The zero-order valence-electron chi connectivity index (χ0n) is 28.7. The Morgan fingerprint density at radius 1 is 0.875 bits per heavy atom. The lowest BCUT2D eigenvalue weighted by molar-refractivity contribution is -0.141. The van der Waals surface area contributed by atoms with E-state index in [4.69, 9.17) is 4.74 Å². The van der Waals surface area contributed by atoms with Gasteiger partial charge in [0.25, 0.3) is 0 Å². The van der Waals surface area contributed by atoms with Gasteiger partial charge in [-0.2, -0.15) is 0 Å². The van der Waals surface area contributed by atoms with Crippen LogP contribution in [0.5, 0.6) is 5.75 Å². The molecule has 9 nitrogen and oxygen atoms in total. The lowest BCUT2D eigenvalue weighted by Crippen LogP contribution is -2.42. The number of ether oxygens (including phenoxy) is 1. The number of carboxylic acid groups (broad SMARTS) is 1. The number of rotatable bonds is 17. The van der Waals surface area contributed by atoms with Crippen LogP contribution in [0.4, 0.5) is 0 Å². The first-order valence-corrected chi connectivity index (χ1v) is 16.8. The molecule has 1 amide bonds. The summed E-state index contributed by atoms with van der Waals surface area (Å²) >= 11 is 0. The van der Waals surface area contributed by atoms with E-state index in [1.807, 2.05) is 80.1 Å². The zero-order chi connectivity index (χ0) is 34.7. The van der Waals surface area contributed by atoms with Crippen LogP contribution in [0.25, 0.3) is 22.5 Å². The third-order valence-electron chi connectivity index (χ3n) is 8.37. The second-order valence-electron chi connectivity index (χ2n) is 13.4. The fraction of sp³-hybridized carbons (Fsp3) is 0.410. The first-order chi connectivity index (χ1) is 22.9. The van der Waals surface area contributed by atoms with Gasteiger partial charge in [0.15, 0.2) is 11.6 Å². The summed E-state index contributed by atoms with van der Waals surface area (Å²) in [6.07, 6.45) is 13.5. The van der Waals surface area contributed by atoms with Crippen molar-refractivity contribution in [3.05, 3.63) is 90.5 Å². The molecule has 0 saturated carbocycles. The van der Waals surface area contributed by atoms with Gasteiger partial charge < -0.3 is 19.7 Å². The van der Waals surface area contributed by atoms with Crippen molar-refractivity contribution < 1.29 is 24.2 Å². The Balaban J connectivity index is 1.40. The number of amides is 1. The van der Waals surface area contributed by atoms with Gasteiger partial charge in [0.05, 0.1) is 6.61 Å². The van der Waals surface area contributed by atoms with Gasteiger partial charge in [-0.1, -0.05) is 69.0 Å². The first-order valence-electron chi connectivity index (χ1n) is 16.8. The molecule has 254 valence electrons. The van der Waals surface area contributed by atoms with E-state index in [1.165, 1.54) is 32.6 Å². The molecular formula is C39H48N4O5. The lowest BCUT2D eigenvalue weighted by Gasteiger charge is -2.21. The maximum atomic E-state index is 13.2. The van der Waals surface area contributed by atoms with Crippen molar-refractivity contribution in [3.8, 4) is 28.3 Å². The average molecular weight is 653 g/mol. The van der Waals surface area contributed by atoms with Gasteiger partial charge in [-0.15, -0.1) is 0 Å². The number of benzene rings is 2. The Kier molecular flexibility index (Phi) is 12.7. The number of hydrogen-bond donors (Lipinski definition) is 2. The molecule has 9 heteroatoms. The molecule has 48 heavy (non-hydrogen) atoms. The second-order valence-corrected chi connectivity index (χ2v) is 13.4. The van der Waals surface area contributed by atoms with E-state index in [2.05, 4.69) is 22.2 Å². The highest BCUT2D eigenvalue weighted by atomic mass is 16.5. The standard InChI is InChI=1S/C39H48N4O5/c1-6-7-8-9-10-21-48-34-17-15-29(16-18-34)33-24-40-36(41-25-33)30-13-11-28(12-14-30)22-32(37(45)42-27(2)38(46)47)23-35(44)31-19-20-43(26-31)39(3,4)5/h11-20,24-27,32H,6-10,21-23H2,1-5H3,(H,42,45)(H,46,47)/t27-,32-/m1/s1. The van der Waals surface area contributed by atoms with Crippen molar-refractivity contribution in [2.45, 2.75) is 91.1 Å². The number of carbonyl (C=O) groups is 3. The molecule has 0 unspecified atom stereocenters. The molecule has 0 aliphatic heterocycles. The molecule has 2 aromatic heterocycles. The Hall–Kier alpha value is -4.79. The molecule has 2 aromatic carbocycles. The number of nitrogens with one attached hydrogen (secondary N) is 1. The average Bonchev–Trinajstić information content (AvgIpc) is 3.59. The van der Waals surface area contributed by atoms with Gasteiger partial charge in [0.1, 0.15) is 11.8 Å². The Labute approximate surface area is 283 Å². The van der Waals surface area contributed by atoms with E-state index in [0.717, 1.165) is 41.0 Å². The summed E-state index contributed by atoms with van der Waals surface area (Å²) in [6, 6.07) is 16.2. The van der Waals surface area contributed by atoms with Crippen LogP contribution in [-0.2, 0) is 21.5 Å². The molecule has 0 radical (unpaired) electrons. The van der Waals surface area contributed by atoms with Crippen molar-refractivity contribution in [1.82, 2.24) is 19.9 Å². The van der Waals surface area contributed by atoms with E-state index < -0.39 is 23.8 Å². The van der Waals surface area contributed by atoms with Gasteiger partial charge >= 0.3 is 5.97 Å². The first kappa shape index (κ1) is 36.1. The molecule has 2 N–H and O–H groups in total. The number of aromatic nitrogens is 3. The van der Waals surface area contributed by atoms with Gasteiger partial charge in [0, 0.05) is 59.4 Å². The fourth-order valence-corrected chi connectivity index (χ4v) is 5.31. The predicted octanol–water partition coefficient (Wildman–Crippen LogP) is 7.74. The molecule has 0 aliphatic rings. The predicted molar refractivity (Wildman–Crippen MR) is 188 cm³/mol. The van der Waals surface area contributed by atoms with Crippen molar-refractivity contribution in [2.24, 2.45) is 5.92 Å². The van der Waals surface area contributed by atoms with Crippen LogP contribution in [0.1, 0.15) is 89.1 Å². The normalized spacial score (nSPS) is 12.7. The van der Waals surface area contributed by atoms with E-state index in [0.29, 0.717) is 11.4 Å². The summed E-state index contributed by atoms with van der Waals surface area (Å²) in [5, 5.41) is 11.9. The lowest BCUT2D eigenvalue weighted by atomic mass is 9.91. The summed E-state index contributed by atoms with van der Waals surface area (Å²) in [5.41, 5.74) is 3.87. The zero-order valence-corrected chi connectivity index (χ0v) is 28.7. The van der Waals surface area contributed by atoms with Gasteiger partial charge in [-0.25, -0.2) is 9.97 Å². The fourth-order valence-electron chi connectivity index (χ4n) is 5.31. The van der Waals surface area contributed by atoms with Crippen LogP contribution >= 0.6 is 0 Å². The highest BCUT2D eigenvalue weighted by Crippen LogP contribution is 2.25. The molecule has 0 saturated heterocycles. The molecule has 0 fully saturated rings. The highest BCUT2D eigenvalue weighted by molar-refractivity contribution is 5.99. The molecule has 2 atom stereocenters. The second kappa shape index (κ2) is 16.9. The van der Waals surface area contributed by atoms with Crippen molar-refractivity contribution in [1.29, 1.82) is 0 Å². The minimum absolute atomic E-state index is 0.0508. The number of Topliss-reactive ketones (excluding diaryl/α,β-unsaturated/α-hetero) is 1. The number of hydrogen-bond acceptors (Lipinski definition) is 6. The van der Waals surface area contributed by atoms with Crippen LogP contribution in [0, 0.1) is 5.92 Å². The number of unbranched alkanes of at least 4 members (excludes halogenated alkanes) is 4. The van der Waals surface area contributed by atoms with Crippen molar-refractivity contribution in [3.63, 3.8) is 0 Å². The van der Waals surface area contributed by atoms with Crippen molar-refractivity contribution in [2.75, 3.05) is 6.61 Å². The van der Waals surface area contributed by atoms with Crippen LogP contribution < -0.4 is 10.1 Å². The molecular weight excluding hydrogens is 604 g/mol. The number of ketones is 1. The number of aliphatic carboxylic acids is 1. The minimum Gasteiger partial charge on any atom is -0.494 e. The smallest absolute Gasteiger partial charge is 0.325 e. The molecule has 2 heterocycles. The third-order valence-corrected chi connectivity index (χ3v) is 8.37. The third kappa shape index (κ3) is 10.4. The molecule has 4 rings (SSSR count). The van der Waals surface area contributed by atoms with Crippen molar-refractivity contribution >= 4 is 17.7 Å². The summed E-state index contributed by atoms with van der Waals surface area (Å²) in [7, 11) is 0. The maximum Gasteiger partial charge on any atom is 0.325 e. The van der Waals surface area contributed by atoms with E-state index >= 15 is 0 Å². The molecule has 0 bridgehead atoms. The minimum atomic E-state index is -1.14. The maximum absolute atomic E-state index is 13.2. The highest BCUT2D eigenvalue weighted by Gasteiger charge is 2.27. The van der Waals surface area contributed by atoms with E-state index in [-0.39, 0.29) is 24.2 Å². The Morgan fingerprint density at radius 3 is 2.12 bits per heavy atom. The Morgan fingerprint density at radius 2 is 1.52 bits per heavy atom. The number of carbonyl (C=O) groups excluding carboxylic acids is 2. The van der Waals surface area contributed by atoms with Crippen LogP contribution in [-0.4, -0.2) is 50.0 Å². The number of carboxylic acids is 1. The Bertz CT molecular complexity index is 1640. The number of nitrogens with zero attached hydrogens (tertiary/aromatic N) is 3. The van der Waals surface area contributed by atoms with Crippen LogP contribution in [0.3, 0.4) is 0 Å². The van der Waals surface area contributed by atoms with Gasteiger partial charge in [-0.05, 0) is 69.9 Å².